The van der Waals surface area contributed by atoms with E-state index in [-0.39, 0.29) is 12.5 Å². The molecule has 0 aliphatic rings. The molecule has 2 rings (SSSR count). The van der Waals surface area contributed by atoms with Crippen LogP contribution < -0.4 is 10.1 Å². The van der Waals surface area contributed by atoms with Crippen LogP contribution in [0, 0.1) is 10.5 Å². The first-order chi connectivity index (χ1) is 9.95. The Morgan fingerprint density at radius 2 is 1.90 bits per heavy atom. The molecule has 0 unspecified atom stereocenters. The molecule has 110 valence electrons. The number of ether oxygens (including phenoxy) is 1. The van der Waals surface area contributed by atoms with Crippen LogP contribution in [0.4, 0.5) is 5.69 Å². The zero-order chi connectivity index (χ0) is 15.4. The second-order valence-corrected chi connectivity index (χ2v) is 6.47. The second-order valence-electron chi connectivity index (χ2n) is 4.38. The highest BCUT2D eigenvalue weighted by Gasteiger charge is 2.10. The van der Waals surface area contributed by atoms with E-state index < -0.39 is 0 Å². The van der Waals surface area contributed by atoms with E-state index in [0.717, 1.165) is 14.8 Å². The van der Waals surface area contributed by atoms with Crippen LogP contribution in [-0.4, -0.2) is 12.5 Å². The second kappa shape index (κ2) is 7.33. The third-order valence-corrected chi connectivity index (χ3v) is 3.89. The number of anilines is 1. The van der Waals surface area contributed by atoms with Gasteiger partial charge in [0.2, 0.25) is 0 Å². The van der Waals surface area contributed by atoms with Crippen molar-refractivity contribution in [3.63, 3.8) is 0 Å². The number of rotatable bonds is 4. The normalized spacial score (nSPS) is 10.3. The fourth-order valence-corrected chi connectivity index (χ4v) is 2.75. The van der Waals surface area contributed by atoms with Crippen LogP contribution in [0.5, 0.6) is 5.75 Å². The van der Waals surface area contributed by atoms with Crippen molar-refractivity contribution < 1.29 is 9.53 Å². The van der Waals surface area contributed by atoms with Gasteiger partial charge < -0.3 is 10.1 Å². The van der Waals surface area contributed by atoms with Crippen molar-refractivity contribution in [1.82, 2.24) is 0 Å². The van der Waals surface area contributed by atoms with Gasteiger partial charge in [-0.1, -0.05) is 23.2 Å². The van der Waals surface area contributed by atoms with E-state index in [4.69, 9.17) is 27.9 Å². The molecule has 3 nitrogen and oxygen atoms in total. The van der Waals surface area contributed by atoms with E-state index in [1.54, 1.807) is 12.1 Å². The smallest absolute Gasteiger partial charge is 0.262 e. The molecule has 0 spiro atoms. The van der Waals surface area contributed by atoms with Crippen LogP contribution in [0.15, 0.2) is 36.4 Å². The van der Waals surface area contributed by atoms with E-state index >= 15 is 0 Å². The lowest BCUT2D eigenvalue weighted by atomic mass is 10.2. The maximum atomic E-state index is 11.9. The standard InChI is InChI=1S/C15H12Cl2INO2/c1-9-6-10(16)7-13(17)15(9)21-8-14(20)19-12-4-2-11(18)3-5-12/h2-7H,8H2,1H3,(H,19,20). The number of carbonyl (C=O) groups is 1. The Labute approximate surface area is 146 Å². The fourth-order valence-electron chi connectivity index (χ4n) is 1.74. The molecule has 0 aromatic heterocycles. The van der Waals surface area contributed by atoms with Crippen LogP contribution in [-0.2, 0) is 4.79 Å². The molecule has 0 bridgehead atoms. The summed E-state index contributed by atoms with van der Waals surface area (Å²) in [6.45, 7) is 1.71. The number of hydrogen-bond donors (Lipinski definition) is 1. The summed E-state index contributed by atoms with van der Waals surface area (Å²) in [5.41, 5.74) is 1.51. The van der Waals surface area contributed by atoms with Crippen molar-refractivity contribution in [2.24, 2.45) is 0 Å². The number of benzene rings is 2. The first-order valence-electron chi connectivity index (χ1n) is 6.09. The van der Waals surface area contributed by atoms with Crippen LogP contribution in [0.25, 0.3) is 0 Å². The topological polar surface area (TPSA) is 38.3 Å². The van der Waals surface area contributed by atoms with Gasteiger partial charge in [0.15, 0.2) is 6.61 Å². The molecule has 0 saturated carbocycles. The minimum Gasteiger partial charge on any atom is -0.482 e. The molecule has 0 fully saturated rings. The van der Waals surface area contributed by atoms with Crippen molar-refractivity contribution in [2.45, 2.75) is 6.92 Å². The number of carbonyl (C=O) groups excluding carboxylic acids is 1. The van der Waals surface area contributed by atoms with Crippen molar-refractivity contribution in [2.75, 3.05) is 11.9 Å². The quantitative estimate of drug-likeness (QED) is 0.692. The minimum atomic E-state index is -0.248. The summed E-state index contributed by atoms with van der Waals surface area (Å²) in [6.07, 6.45) is 0. The third kappa shape index (κ3) is 4.76. The zero-order valence-corrected chi connectivity index (χ0v) is 14.8. The molecule has 1 amide bonds. The Morgan fingerprint density at radius 3 is 2.52 bits per heavy atom. The van der Waals surface area contributed by atoms with E-state index in [1.165, 1.54) is 0 Å². The Hall–Kier alpha value is -0.980. The van der Waals surface area contributed by atoms with Gasteiger partial charge in [0.25, 0.3) is 5.91 Å². The van der Waals surface area contributed by atoms with Gasteiger partial charge in [-0.05, 0) is 71.5 Å². The van der Waals surface area contributed by atoms with Gasteiger partial charge in [0.1, 0.15) is 5.75 Å². The van der Waals surface area contributed by atoms with Crippen LogP contribution in [0.2, 0.25) is 10.0 Å². The van der Waals surface area contributed by atoms with Crippen LogP contribution in [0.1, 0.15) is 5.56 Å². The Bertz CT molecular complexity index is 636. The lowest BCUT2D eigenvalue weighted by molar-refractivity contribution is -0.118. The molecule has 0 saturated heterocycles. The van der Waals surface area contributed by atoms with Gasteiger partial charge in [0.05, 0.1) is 5.02 Å². The Morgan fingerprint density at radius 1 is 1.24 bits per heavy atom. The summed E-state index contributed by atoms with van der Waals surface area (Å²) >= 11 is 14.1. The van der Waals surface area contributed by atoms with E-state index in [2.05, 4.69) is 27.9 Å². The number of aryl methyl sites for hydroxylation is 1. The van der Waals surface area contributed by atoms with Crippen molar-refractivity contribution >= 4 is 57.4 Å². The third-order valence-electron chi connectivity index (χ3n) is 2.67. The first-order valence-corrected chi connectivity index (χ1v) is 7.93. The van der Waals surface area contributed by atoms with Crippen LogP contribution >= 0.6 is 45.8 Å². The van der Waals surface area contributed by atoms with Gasteiger partial charge in [-0.25, -0.2) is 0 Å². The fraction of sp³-hybridized carbons (Fsp3) is 0.133. The van der Waals surface area contributed by atoms with Gasteiger partial charge in [0, 0.05) is 14.3 Å². The summed E-state index contributed by atoms with van der Waals surface area (Å²) < 4.78 is 6.58. The number of amides is 1. The molecule has 0 radical (unpaired) electrons. The van der Waals surface area contributed by atoms with Crippen LogP contribution in [0.3, 0.4) is 0 Å². The lowest BCUT2D eigenvalue weighted by Crippen LogP contribution is -2.20. The molecule has 6 heteroatoms. The predicted octanol–water partition coefficient (Wildman–Crippen LogP) is 4.92. The highest BCUT2D eigenvalue weighted by atomic mass is 127. The largest absolute Gasteiger partial charge is 0.482 e. The van der Waals surface area contributed by atoms with Crippen molar-refractivity contribution in [3.8, 4) is 5.75 Å². The van der Waals surface area contributed by atoms with E-state index in [9.17, 15) is 4.79 Å². The molecule has 0 aliphatic heterocycles. The highest BCUT2D eigenvalue weighted by molar-refractivity contribution is 14.1. The number of hydrogen-bond acceptors (Lipinski definition) is 2. The van der Waals surface area contributed by atoms with Crippen molar-refractivity contribution in [1.29, 1.82) is 0 Å². The van der Waals surface area contributed by atoms with Gasteiger partial charge in [-0.15, -0.1) is 0 Å². The monoisotopic (exact) mass is 435 g/mol. The SMILES string of the molecule is Cc1cc(Cl)cc(Cl)c1OCC(=O)Nc1ccc(I)cc1. The maximum absolute atomic E-state index is 11.9. The average Bonchev–Trinajstić information content (AvgIpc) is 2.40. The summed E-state index contributed by atoms with van der Waals surface area (Å²) in [6, 6.07) is 10.8. The number of halogens is 3. The molecule has 2 aromatic rings. The van der Waals surface area contributed by atoms with Gasteiger partial charge in [-0.3, -0.25) is 4.79 Å². The lowest BCUT2D eigenvalue weighted by Gasteiger charge is -2.11. The van der Waals surface area contributed by atoms with Gasteiger partial charge in [-0.2, -0.15) is 0 Å². The van der Waals surface area contributed by atoms with Gasteiger partial charge >= 0.3 is 0 Å². The Balaban J connectivity index is 1.97. The summed E-state index contributed by atoms with van der Waals surface area (Å²) in [7, 11) is 0. The molecule has 0 heterocycles. The minimum absolute atomic E-state index is 0.117. The molecule has 1 N–H and O–H groups in total. The summed E-state index contributed by atoms with van der Waals surface area (Å²) in [5, 5.41) is 3.68. The first kappa shape index (κ1) is 16.4. The summed E-state index contributed by atoms with van der Waals surface area (Å²) in [4.78, 5) is 11.9. The predicted molar refractivity (Wildman–Crippen MR) is 94.5 cm³/mol. The molecule has 0 aliphatic carbocycles. The zero-order valence-electron chi connectivity index (χ0n) is 11.1. The summed E-state index contributed by atoms with van der Waals surface area (Å²) in [5.74, 6) is 0.223. The van der Waals surface area contributed by atoms with Crippen molar-refractivity contribution in [3.05, 3.63) is 55.6 Å². The number of nitrogens with one attached hydrogen (secondary N) is 1. The molecular formula is C15H12Cl2INO2. The average molecular weight is 436 g/mol. The van der Waals surface area contributed by atoms with E-state index in [1.807, 2.05) is 31.2 Å². The molecule has 2 aromatic carbocycles. The van der Waals surface area contributed by atoms with E-state index in [0.29, 0.717) is 15.8 Å². The maximum Gasteiger partial charge on any atom is 0.262 e. The molecule has 0 atom stereocenters. The molecular weight excluding hydrogens is 424 g/mol. The highest BCUT2D eigenvalue weighted by Crippen LogP contribution is 2.31. The molecule has 21 heavy (non-hydrogen) atoms. The Kier molecular flexibility index (Phi) is 5.72.